The summed E-state index contributed by atoms with van der Waals surface area (Å²) in [7, 11) is 0. The lowest BCUT2D eigenvalue weighted by Gasteiger charge is -2.04. The second kappa shape index (κ2) is 8.31. The van der Waals surface area contributed by atoms with Gasteiger partial charge in [-0.2, -0.15) is 0 Å². The fourth-order valence-electron chi connectivity index (χ4n) is 1.49. The molecule has 18 heavy (non-hydrogen) atoms. The van der Waals surface area contributed by atoms with E-state index in [-0.39, 0.29) is 0 Å². The molecule has 0 heterocycles. The van der Waals surface area contributed by atoms with Crippen LogP contribution in [0.4, 0.5) is 0 Å². The van der Waals surface area contributed by atoms with Crippen molar-refractivity contribution in [2.45, 2.75) is 20.4 Å². The van der Waals surface area contributed by atoms with E-state index in [9.17, 15) is 0 Å². The Morgan fingerprint density at radius 3 is 2.06 bits per heavy atom. The number of hydrogen-bond donors (Lipinski definition) is 1. The van der Waals surface area contributed by atoms with Gasteiger partial charge in [-0.25, -0.2) is 0 Å². The Kier molecular flexibility index (Phi) is 6.59. The summed E-state index contributed by atoms with van der Waals surface area (Å²) in [5, 5.41) is 0. The molecule has 0 unspecified atom stereocenters. The van der Waals surface area contributed by atoms with E-state index in [0.717, 1.165) is 12.4 Å². The highest BCUT2D eigenvalue weighted by molar-refractivity contribution is 5.31. The van der Waals surface area contributed by atoms with Gasteiger partial charge in [0.2, 0.25) is 0 Å². The van der Waals surface area contributed by atoms with E-state index in [1.807, 2.05) is 68.4 Å². The molecule has 0 aliphatic rings. The van der Waals surface area contributed by atoms with Crippen LogP contribution in [0.15, 0.2) is 54.6 Å². The van der Waals surface area contributed by atoms with Gasteiger partial charge in [-0.3, -0.25) is 0 Å². The molecule has 96 valence electrons. The topological polar surface area (TPSA) is 35.2 Å². The Balaban J connectivity index is 0.000000184. The number of aryl methyl sites for hydroxylation is 1. The second-order valence-corrected chi connectivity index (χ2v) is 3.89. The SMILES string of the molecule is CCOc1ccccc1C.NCc1ccccc1. The maximum Gasteiger partial charge on any atom is 0.122 e. The van der Waals surface area contributed by atoms with Gasteiger partial charge in [0.05, 0.1) is 6.61 Å². The fourth-order valence-corrected chi connectivity index (χ4v) is 1.49. The van der Waals surface area contributed by atoms with E-state index in [4.69, 9.17) is 10.5 Å². The van der Waals surface area contributed by atoms with Gasteiger partial charge < -0.3 is 10.5 Å². The molecule has 0 atom stereocenters. The van der Waals surface area contributed by atoms with E-state index in [0.29, 0.717) is 6.54 Å². The molecule has 2 aromatic rings. The Morgan fingerprint density at radius 2 is 1.56 bits per heavy atom. The quantitative estimate of drug-likeness (QED) is 0.895. The molecule has 0 saturated carbocycles. The normalized spacial score (nSPS) is 9.28. The molecule has 0 saturated heterocycles. The van der Waals surface area contributed by atoms with Gasteiger partial charge in [0.25, 0.3) is 0 Å². The Labute approximate surface area is 109 Å². The van der Waals surface area contributed by atoms with Crippen LogP contribution < -0.4 is 10.5 Å². The molecule has 2 rings (SSSR count). The maximum atomic E-state index is 5.35. The Bertz CT molecular complexity index is 440. The van der Waals surface area contributed by atoms with E-state index in [1.165, 1.54) is 11.1 Å². The summed E-state index contributed by atoms with van der Waals surface area (Å²) >= 11 is 0. The predicted molar refractivity (Wildman–Crippen MR) is 76.7 cm³/mol. The third-order valence-corrected chi connectivity index (χ3v) is 2.47. The third-order valence-electron chi connectivity index (χ3n) is 2.47. The van der Waals surface area contributed by atoms with E-state index in [2.05, 4.69) is 0 Å². The Hall–Kier alpha value is -1.80. The van der Waals surface area contributed by atoms with Gasteiger partial charge in [0, 0.05) is 6.54 Å². The lowest BCUT2D eigenvalue weighted by atomic mass is 10.2. The lowest BCUT2D eigenvalue weighted by molar-refractivity contribution is 0.338. The van der Waals surface area contributed by atoms with E-state index in [1.54, 1.807) is 0 Å². The van der Waals surface area contributed by atoms with Crippen molar-refractivity contribution in [2.24, 2.45) is 5.73 Å². The van der Waals surface area contributed by atoms with Crippen LogP contribution in [0.25, 0.3) is 0 Å². The number of nitrogens with two attached hydrogens (primary N) is 1. The van der Waals surface area contributed by atoms with E-state index >= 15 is 0 Å². The standard InChI is InChI=1S/C9H12O.C7H9N/c1-3-10-9-7-5-4-6-8(9)2;8-6-7-4-2-1-3-5-7/h4-7H,3H2,1-2H3;1-5H,6,8H2. The summed E-state index contributed by atoms with van der Waals surface area (Å²) < 4.78 is 5.34. The summed E-state index contributed by atoms with van der Waals surface area (Å²) in [6, 6.07) is 18.0. The first kappa shape index (κ1) is 14.3. The van der Waals surface area contributed by atoms with Crippen molar-refractivity contribution in [1.29, 1.82) is 0 Å². The van der Waals surface area contributed by atoms with Crippen molar-refractivity contribution in [3.05, 3.63) is 65.7 Å². The molecule has 2 N–H and O–H groups in total. The summed E-state index contributed by atoms with van der Waals surface area (Å²) in [6.07, 6.45) is 0. The van der Waals surface area contributed by atoms with Crippen LogP contribution >= 0.6 is 0 Å². The van der Waals surface area contributed by atoms with Gasteiger partial charge in [-0.1, -0.05) is 48.5 Å². The number of hydrogen-bond acceptors (Lipinski definition) is 2. The number of para-hydroxylation sites is 1. The summed E-state index contributed by atoms with van der Waals surface area (Å²) in [6.45, 7) is 5.42. The zero-order valence-electron chi connectivity index (χ0n) is 11.1. The largest absolute Gasteiger partial charge is 0.494 e. The van der Waals surface area contributed by atoms with Crippen LogP contribution in [-0.2, 0) is 6.54 Å². The van der Waals surface area contributed by atoms with Crippen molar-refractivity contribution in [1.82, 2.24) is 0 Å². The predicted octanol–water partition coefficient (Wildman–Crippen LogP) is 3.54. The van der Waals surface area contributed by atoms with Gasteiger partial charge >= 0.3 is 0 Å². The van der Waals surface area contributed by atoms with Crippen LogP contribution in [0.3, 0.4) is 0 Å². The average molecular weight is 243 g/mol. The lowest BCUT2D eigenvalue weighted by Crippen LogP contribution is -1.94. The smallest absolute Gasteiger partial charge is 0.122 e. The summed E-state index contributed by atoms with van der Waals surface area (Å²) in [4.78, 5) is 0. The highest BCUT2D eigenvalue weighted by Crippen LogP contribution is 2.15. The van der Waals surface area contributed by atoms with Crippen LogP contribution in [0.2, 0.25) is 0 Å². The molecule has 2 aromatic carbocycles. The van der Waals surface area contributed by atoms with Crippen molar-refractivity contribution in [3.63, 3.8) is 0 Å². The minimum absolute atomic E-state index is 0.640. The molecule has 0 aromatic heterocycles. The highest BCUT2D eigenvalue weighted by atomic mass is 16.5. The van der Waals surface area contributed by atoms with Crippen molar-refractivity contribution in [2.75, 3.05) is 6.61 Å². The van der Waals surface area contributed by atoms with Crippen molar-refractivity contribution in [3.8, 4) is 5.75 Å². The molecule has 0 spiro atoms. The molecule has 0 bridgehead atoms. The highest BCUT2D eigenvalue weighted by Gasteiger charge is 1.93. The van der Waals surface area contributed by atoms with Gasteiger partial charge in [-0.15, -0.1) is 0 Å². The molecule has 0 fully saturated rings. The molecule has 0 aliphatic heterocycles. The maximum absolute atomic E-state index is 5.35. The first-order valence-corrected chi connectivity index (χ1v) is 6.20. The number of ether oxygens (including phenoxy) is 1. The fraction of sp³-hybridized carbons (Fsp3) is 0.250. The zero-order chi connectivity index (χ0) is 13.2. The first-order chi connectivity index (χ1) is 8.77. The summed E-state index contributed by atoms with van der Waals surface area (Å²) in [5.74, 6) is 0.991. The van der Waals surface area contributed by atoms with Gasteiger partial charge in [0.15, 0.2) is 0 Å². The molecule has 2 heteroatoms. The number of rotatable bonds is 3. The molecule has 2 nitrogen and oxygen atoms in total. The van der Waals surface area contributed by atoms with Gasteiger partial charge in [0.1, 0.15) is 5.75 Å². The van der Waals surface area contributed by atoms with E-state index < -0.39 is 0 Å². The first-order valence-electron chi connectivity index (χ1n) is 6.20. The zero-order valence-corrected chi connectivity index (χ0v) is 11.1. The second-order valence-electron chi connectivity index (χ2n) is 3.89. The van der Waals surface area contributed by atoms with Gasteiger partial charge in [-0.05, 0) is 31.0 Å². The van der Waals surface area contributed by atoms with Crippen LogP contribution in [0.5, 0.6) is 5.75 Å². The number of benzene rings is 2. The average Bonchev–Trinajstić information content (AvgIpc) is 2.43. The minimum Gasteiger partial charge on any atom is -0.494 e. The summed E-state index contributed by atoms with van der Waals surface area (Å²) in [5.41, 5.74) is 7.74. The molecular formula is C16H21NO. The van der Waals surface area contributed by atoms with Crippen molar-refractivity contribution < 1.29 is 4.74 Å². The molecular weight excluding hydrogens is 222 g/mol. The minimum atomic E-state index is 0.640. The van der Waals surface area contributed by atoms with Crippen LogP contribution in [0.1, 0.15) is 18.1 Å². The molecule has 0 radical (unpaired) electrons. The molecule has 0 aliphatic carbocycles. The third kappa shape index (κ3) is 5.02. The van der Waals surface area contributed by atoms with Crippen LogP contribution in [-0.4, -0.2) is 6.61 Å². The molecule has 0 amide bonds. The van der Waals surface area contributed by atoms with Crippen LogP contribution in [0, 0.1) is 6.92 Å². The monoisotopic (exact) mass is 243 g/mol. The Morgan fingerprint density at radius 1 is 0.944 bits per heavy atom. The van der Waals surface area contributed by atoms with Crippen molar-refractivity contribution >= 4 is 0 Å².